The number of rotatable bonds is 0. The molecule has 0 aromatic heterocycles. The molecule has 0 spiro atoms. The highest BCUT2D eigenvalue weighted by atomic mass is 15.7. The van der Waals surface area contributed by atoms with Crippen LogP contribution in [-0.4, -0.2) is 21.8 Å². The predicted molar refractivity (Wildman–Crippen MR) is 65.1 cm³/mol. The largest absolute Gasteiger partial charge is 0.281 e. The quantitative estimate of drug-likeness (QED) is 0.449. The van der Waals surface area contributed by atoms with E-state index in [0.29, 0.717) is 5.54 Å². The fourth-order valence-corrected chi connectivity index (χ4v) is 4.91. The van der Waals surface area contributed by atoms with Crippen molar-refractivity contribution in [1.82, 2.24) is 5.01 Å². The Kier molecular flexibility index (Phi) is 1.30. The molecule has 0 unspecified atom stereocenters. The van der Waals surface area contributed by atoms with Gasteiger partial charge >= 0.3 is 0 Å². The zero-order valence-electron chi connectivity index (χ0n) is 10.6. The Morgan fingerprint density at radius 1 is 1.25 bits per heavy atom. The molecule has 0 amide bonds. The molecule has 2 bridgehead atoms. The van der Waals surface area contributed by atoms with Gasteiger partial charge in [-0.15, -0.1) is 0 Å². The minimum absolute atomic E-state index is 0.270. The molecular weight excluding hydrogens is 196 g/mol. The lowest BCUT2D eigenvalue weighted by Gasteiger charge is -2.36. The molecule has 2 aliphatic carbocycles. The van der Waals surface area contributed by atoms with Gasteiger partial charge in [-0.2, -0.15) is 5.10 Å². The highest BCUT2D eigenvalue weighted by molar-refractivity contribution is 5.87. The van der Waals surface area contributed by atoms with Crippen molar-refractivity contribution >= 4 is 5.71 Å². The van der Waals surface area contributed by atoms with Gasteiger partial charge in [0.2, 0.25) is 0 Å². The van der Waals surface area contributed by atoms with Crippen molar-refractivity contribution in [2.45, 2.75) is 45.2 Å². The van der Waals surface area contributed by atoms with Gasteiger partial charge in [-0.1, -0.05) is 12.2 Å². The van der Waals surface area contributed by atoms with E-state index in [1.54, 1.807) is 0 Å². The third-order valence-electron chi connectivity index (χ3n) is 6.01. The van der Waals surface area contributed by atoms with Crippen LogP contribution < -0.4 is 0 Å². The molecule has 2 heterocycles. The summed E-state index contributed by atoms with van der Waals surface area (Å²) in [5, 5.41) is 7.22. The lowest BCUT2D eigenvalue weighted by molar-refractivity contribution is 0.227. The third-order valence-corrected chi connectivity index (χ3v) is 6.01. The molecular formula is C14H20N2. The van der Waals surface area contributed by atoms with E-state index in [9.17, 15) is 0 Å². The van der Waals surface area contributed by atoms with E-state index in [1.165, 1.54) is 12.1 Å². The summed E-state index contributed by atoms with van der Waals surface area (Å²) in [4.78, 5) is 0. The maximum absolute atomic E-state index is 4.86. The second kappa shape index (κ2) is 2.25. The van der Waals surface area contributed by atoms with E-state index < -0.39 is 0 Å². The van der Waals surface area contributed by atoms with E-state index in [4.69, 9.17) is 5.10 Å². The molecule has 0 radical (unpaired) electrons. The average Bonchev–Trinajstić information content (AvgIpc) is 2.72. The summed E-state index contributed by atoms with van der Waals surface area (Å²) >= 11 is 0. The Balaban J connectivity index is 1.88. The number of allylic oxidation sites excluding steroid dienone is 2. The van der Waals surface area contributed by atoms with E-state index in [0.717, 1.165) is 23.7 Å². The van der Waals surface area contributed by atoms with E-state index >= 15 is 0 Å². The molecule has 4 aliphatic rings. The van der Waals surface area contributed by atoms with Crippen molar-refractivity contribution in [3.63, 3.8) is 0 Å². The Labute approximate surface area is 97.4 Å². The van der Waals surface area contributed by atoms with Gasteiger partial charge in [0.15, 0.2) is 0 Å². The zero-order chi connectivity index (χ0) is 11.3. The minimum atomic E-state index is 0.270. The summed E-state index contributed by atoms with van der Waals surface area (Å²) in [5.41, 5.74) is 1.97. The van der Waals surface area contributed by atoms with Gasteiger partial charge in [0.25, 0.3) is 0 Å². The Morgan fingerprint density at radius 2 is 1.94 bits per heavy atom. The minimum Gasteiger partial charge on any atom is -0.281 e. The summed E-state index contributed by atoms with van der Waals surface area (Å²) < 4.78 is 0. The van der Waals surface area contributed by atoms with Crippen LogP contribution in [0.2, 0.25) is 0 Å². The van der Waals surface area contributed by atoms with Gasteiger partial charge in [-0.05, 0) is 46.0 Å². The molecule has 2 fully saturated rings. The summed E-state index contributed by atoms with van der Waals surface area (Å²) in [6.45, 7) is 9.36. The van der Waals surface area contributed by atoms with Crippen LogP contribution in [0.15, 0.2) is 17.3 Å². The number of hydrazone groups is 1. The second-order valence-corrected chi connectivity index (χ2v) is 6.76. The standard InChI is InChI=1S/C14H20N2/c1-8-11-9-5-6-10(7-9)12(11)14(4)13(2,3)16(14)15-8/h5-6,9-12H,7H2,1-4H3/t9-,10+,11+,12-,14-,16?/m1/s1. The highest BCUT2D eigenvalue weighted by Gasteiger charge is 2.76. The van der Waals surface area contributed by atoms with Crippen LogP contribution in [0.5, 0.6) is 0 Å². The first kappa shape index (κ1) is 9.26. The van der Waals surface area contributed by atoms with Crippen LogP contribution in [0, 0.1) is 23.7 Å². The maximum Gasteiger partial charge on any atom is 0.0840 e. The summed E-state index contributed by atoms with van der Waals surface area (Å²) in [5.74, 6) is 3.15. The number of hydrogen-bond acceptors (Lipinski definition) is 2. The summed E-state index contributed by atoms with van der Waals surface area (Å²) in [7, 11) is 0. The molecule has 1 saturated carbocycles. The van der Waals surface area contributed by atoms with Crippen LogP contribution in [0.3, 0.4) is 0 Å². The van der Waals surface area contributed by atoms with Crippen molar-refractivity contribution in [3.05, 3.63) is 12.2 Å². The molecule has 1 saturated heterocycles. The Hall–Kier alpha value is -0.790. The fourth-order valence-electron chi connectivity index (χ4n) is 4.91. The van der Waals surface area contributed by atoms with Gasteiger partial charge in [-0.3, -0.25) is 5.01 Å². The summed E-state index contributed by atoms with van der Waals surface area (Å²) in [6, 6.07) is 0. The lowest BCUT2D eigenvalue weighted by atomic mass is 9.69. The molecule has 2 heteroatoms. The van der Waals surface area contributed by atoms with Gasteiger partial charge in [0.05, 0.1) is 11.1 Å². The number of nitrogens with zero attached hydrogens (tertiary/aromatic N) is 2. The first-order valence-corrected chi connectivity index (χ1v) is 6.51. The third kappa shape index (κ3) is 0.696. The van der Waals surface area contributed by atoms with Crippen LogP contribution in [0.4, 0.5) is 0 Å². The van der Waals surface area contributed by atoms with Crippen molar-refractivity contribution in [1.29, 1.82) is 0 Å². The first-order valence-electron chi connectivity index (χ1n) is 6.51. The van der Waals surface area contributed by atoms with Crippen LogP contribution in [0.25, 0.3) is 0 Å². The number of hydrogen-bond donors (Lipinski definition) is 0. The zero-order valence-corrected chi connectivity index (χ0v) is 10.6. The SMILES string of the molecule is CC1=NN2C(C)(C)[C@@]2(C)[C@H]2[C@@H]1[C@@H]1C=C[C@H]2C1. The molecule has 16 heavy (non-hydrogen) atoms. The Bertz CT molecular complexity index is 434. The van der Waals surface area contributed by atoms with Crippen molar-refractivity contribution < 1.29 is 0 Å². The molecule has 2 aliphatic heterocycles. The molecule has 5 atom stereocenters. The topological polar surface area (TPSA) is 15.4 Å². The van der Waals surface area contributed by atoms with E-state index in [2.05, 4.69) is 44.9 Å². The van der Waals surface area contributed by atoms with Gasteiger partial charge in [0.1, 0.15) is 0 Å². The Morgan fingerprint density at radius 3 is 2.69 bits per heavy atom. The molecule has 86 valence electrons. The van der Waals surface area contributed by atoms with Crippen LogP contribution in [0.1, 0.15) is 34.1 Å². The van der Waals surface area contributed by atoms with Crippen LogP contribution in [-0.2, 0) is 0 Å². The highest BCUT2D eigenvalue weighted by Crippen LogP contribution is 2.67. The predicted octanol–water partition coefficient (Wildman–Crippen LogP) is 2.67. The maximum atomic E-state index is 4.86. The van der Waals surface area contributed by atoms with E-state index in [1.807, 2.05) is 0 Å². The molecule has 4 rings (SSSR count). The van der Waals surface area contributed by atoms with Gasteiger partial charge < -0.3 is 0 Å². The lowest BCUT2D eigenvalue weighted by Crippen LogP contribution is -2.42. The molecule has 0 aromatic carbocycles. The van der Waals surface area contributed by atoms with Crippen molar-refractivity contribution in [2.75, 3.05) is 0 Å². The smallest absolute Gasteiger partial charge is 0.0840 e. The fraction of sp³-hybridized carbons (Fsp3) is 0.786. The number of fused-ring (bicyclic) bond motifs is 7. The van der Waals surface area contributed by atoms with Gasteiger partial charge in [-0.25, -0.2) is 0 Å². The molecule has 0 aromatic rings. The van der Waals surface area contributed by atoms with E-state index in [-0.39, 0.29) is 5.54 Å². The summed E-state index contributed by atoms with van der Waals surface area (Å²) in [6.07, 6.45) is 6.29. The van der Waals surface area contributed by atoms with Crippen molar-refractivity contribution in [2.24, 2.45) is 28.8 Å². The monoisotopic (exact) mass is 216 g/mol. The van der Waals surface area contributed by atoms with Gasteiger partial charge in [0, 0.05) is 17.5 Å². The normalized spacial score (nSPS) is 54.8. The first-order chi connectivity index (χ1) is 7.48. The van der Waals surface area contributed by atoms with Crippen molar-refractivity contribution in [3.8, 4) is 0 Å². The second-order valence-electron chi connectivity index (χ2n) is 6.76. The molecule has 0 N–H and O–H groups in total. The molecule has 2 nitrogen and oxygen atoms in total. The average molecular weight is 216 g/mol. The van der Waals surface area contributed by atoms with Crippen LogP contribution >= 0.6 is 0 Å².